The number of hydrogen-bond donors (Lipinski definition) is 0. The largest absolute Gasteiger partial charge is 0.437 e. The lowest BCUT2D eigenvalue weighted by molar-refractivity contribution is 0.462. The number of rotatable bonds is 2. The smallest absolute Gasteiger partial charge is 0.239 e. The van der Waals surface area contributed by atoms with Crippen molar-refractivity contribution in [1.82, 2.24) is 4.98 Å². The standard InChI is InChI=1S/C14H10BrClN2O/c1-8-5-11(6-9(2)12(8)15)19-14-13(16)10(7-17)3-4-18-14/h3-6H,1-2H3. The minimum atomic E-state index is 0.225. The van der Waals surface area contributed by atoms with E-state index in [1.54, 1.807) is 6.07 Å². The molecule has 19 heavy (non-hydrogen) atoms. The molecule has 0 aliphatic rings. The van der Waals surface area contributed by atoms with Crippen LogP contribution in [0.3, 0.4) is 0 Å². The summed E-state index contributed by atoms with van der Waals surface area (Å²) in [6.45, 7) is 3.95. The van der Waals surface area contributed by atoms with Gasteiger partial charge in [-0.05, 0) is 43.2 Å². The first-order valence-corrected chi connectivity index (χ1v) is 6.69. The van der Waals surface area contributed by atoms with Gasteiger partial charge in [-0.1, -0.05) is 27.5 Å². The van der Waals surface area contributed by atoms with Gasteiger partial charge in [-0.15, -0.1) is 0 Å². The number of benzene rings is 1. The summed E-state index contributed by atoms with van der Waals surface area (Å²) < 4.78 is 6.70. The van der Waals surface area contributed by atoms with Crippen LogP contribution in [-0.4, -0.2) is 4.98 Å². The van der Waals surface area contributed by atoms with Gasteiger partial charge in [0.1, 0.15) is 16.8 Å². The number of pyridine rings is 1. The molecule has 0 unspecified atom stereocenters. The molecular weight excluding hydrogens is 328 g/mol. The van der Waals surface area contributed by atoms with Gasteiger partial charge in [0.2, 0.25) is 5.88 Å². The van der Waals surface area contributed by atoms with Crippen LogP contribution in [0.5, 0.6) is 11.6 Å². The molecule has 0 radical (unpaired) electrons. The fourth-order valence-electron chi connectivity index (χ4n) is 1.66. The van der Waals surface area contributed by atoms with Gasteiger partial charge in [-0.2, -0.15) is 5.26 Å². The molecule has 0 bridgehead atoms. The number of halogens is 2. The van der Waals surface area contributed by atoms with Crippen LogP contribution in [0, 0.1) is 25.2 Å². The van der Waals surface area contributed by atoms with Crippen molar-refractivity contribution in [3.63, 3.8) is 0 Å². The monoisotopic (exact) mass is 336 g/mol. The number of ether oxygens (including phenoxy) is 1. The molecule has 0 saturated heterocycles. The summed E-state index contributed by atoms with van der Waals surface area (Å²) in [4.78, 5) is 4.05. The third-order valence-corrected chi connectivity index (χ3v) is 4.22. The Kier molecular flexibility index (Phi) is 4.08. The van der Waals surface area contributed by atoms with Crippen molar-refractivity contribution in [3.05, 3.63) is 50.6 Å². The number of nitriles is 1. The Morgan fingerprint density at radius 3 is 2.53 bits per heavy atom. The number of hydrogen-bond acceptors (Lipinski definition) is 3. The Labute approximate surface area is 124 Å². The average molecular weight is 338 g/mol. The van der Waals surface area contributed by atoms with E-state index in [1.165, 1.54) is 6.20 Å². The predicted octanol–water partition coefficient (Wildman–Crippen LogP) is 4.78. The van der Waals surface area contributed by atoms with Crippen LogP contribution in [0.1, 0.15) is 16.7 Å². The quantitative estimate of drug-likeness (QED) is 0.792. The molecule has 2 rings (SSSR count). The molecule has 0 N–H and O–H groups in total. The summed E-state index contributed by atoms with van der Waals surface area (Å²) in [5, 5.41) is 9.13. The van der Waals surface area contributed by atoms with E-state index in [2.05, 4.69) is 20.9 Å². The van der Waals surface area contributed by atoms with Crippen LogP contribution in [0.4, 0.5) is 0 Å². The highest BCUT2D eigenvalue weighted by Gasteiger charge is 2.11. The van der Waals surface area contributed by atoms with Gasteiger partial charge < -0.3 is 4.74 Å². The van der Waals surface area contributed by atoms with Gasteiger partial charge in [-0.3, -0.25) is 0 Å². The normalized spacial score (nSPS) is 10.1. The fraction of sp³-hybridized carbons (Fsp3) is 0.143. The molecule has 0 aliphatic carbocycles. The molecule has 96 valence electrons. The highest BCUT2D eigenvalue weighted by atomic mass is 79.9. The van der Waals surface area contributed by atoms with Gasteiger partial charge in [-0.25, -0.2) is 4.98 Å². The molecule has 0 spiro atoms. The van der Waals surface area contributed by atoms with Crippen molar-refractivity contribution in [1.29, 1.82) is 5.26 Å². The summed E-state index contributed by atoms with van der Waals surface area (Å²) >= 11 is 9.55. The summed E-state index contributed by atoms with van der Waals surface area (Å²) in [6.07, 6.45) is 1.50. The summed E-state index contributed by atoms with van der Waals surface area (Å²) in [6, 6.07) is 7.31. The van der Waals surface area contributed by atoms with E-state index in [-0.39, 0.29) is 10.9 Å². The molecule has 2 aromatic rings. The lowest BCUT2D eigenvalue weighted by Crippen LogP contribution is -1.93. The van der Waals surface area contributed by atoms with E-state index >= 15 is 0 Å². The Morgan fingerprint density at radius 1 is 1.32 bits per heavy atom. The van der Waals surface area contributed by atoms with Crippen LogP contribution < -0.4 is 4.74 Å². The summed E-state index contributed by atoms with van der Waals surface area (Å²) in [5.74, 6) is 0.879. The van der Waals surface area contributed by atoms with Crippen molar-refractivity contribution in [2.45, 2.75) is 13.8 Å². The van der Waals surface area contributed by atoms with Crippen LogP contribution in [0.2, 0.25) is 5.02 Å². The maximum Gasteiger partial charge on any atom is 0.239 e. The maximum atomic E-state index is 8.91. The Morgan fingerprint density at radius 2 is 1.95 bits per heavy atom. The third-order valence-electron chi connectivity index (χ3n) is 2.60. The van der Waals surface area contributed by atoms with Crippen molar-refractivity contribution >= 4 is 27.5 Å². The van der Waals surface area contributed by atoms with Gasteiger partial charge >= 0.3 is 0 Å². The van der Waals surface area contributed by atoms with Crippen LogP contribution in [0.25, 0.3) is 0 Å². The molecular formula is C14H10BrClN2O. The van der Waals surface area contributed by atoms with Gasteiger partial charge in [0.15, 0.2) is 0 Å². The second-order valence-electron chi connectivity index (χ2n) is 4.06. The first-order valence-electron chi connectivity index (χ1n) is 5.52. The molecule has 1 aromatic carbocycles. The Balaban J connectivity index is 2.40. The molecule has 3 nitrogen and oxygen atoms in total. The van der Waals surface area contributed by atoms with E-state index < -0.39 is 0 Å². The Hall–Kier alpha value is -1.57. The number of nitrogens with zero attached hydrogens (tertiary/aromatic N) is 2. The second kappa shape index (κ2) is 5.60. The zero-order valence-electron chi connectivity index (χ0n) is 10.4. The first-order chi connectivity index (χ1) is 9.02. The summed E-state index contributed by atoms with van der Waals surface area (Å²) in [5.41, 5.74) is 2.46. The molecule has 0 atom stereocenters. The van der Waals surface area contributed by atoms with E-state index in [1.807, 2.05) is 32.0 Å². The highest BCUT2D eigenvalue weighted by Crippen LogP contribution is 2.32. The molecule has 0 aliphatic heterocycles. The lowest BCUT2D eigenvalue weighted by Gasteiger charge is -2.10. The van der Waals surface area contributed by atoms with Gasteiger partial charge in [0.25, 0.3) is 0 Å². The molecule has 1 heterocycles. The summed E-state index contributed by atoms with van der Waals surface area (Å²) in [7, 11) is 0. The van der Waals surface area contributed by atoms with Crippen LogP contribution in [0.15, 0.2) is 28.9 Å². The highest BCUT2D eigenvalue weighted by molar-refractivity contribution is 9.10. The third kappa shape index (κ3) is 2.89. The number of aromatic nitrogens is 1. The Bertz CT molecular complexity index is 657. The SMILES string of the molecule is Cc1cc(Oc2nccc(C#N)c2Cl)cc(C)c1Br. The lowest BCUT2D eigenvalue weighted by atomic mass is 10.1. The second-order valence-corrected chi connectivity index (χ2v) is 5.23. The minimum Gasteiger partial charge on any atom is -0.437 e. The van der Waals surface area contributed by atoms with E-state index in [9.17, 15) is 0 Å². The molecule has 0 amide bonds. The molecule has 1 aromatic heterocycles. The van der Waals surface area contributed by atoms with Gasteiger partial charge in [0.05, 0.1) is 5.56 Å². The average Bonchev–Trinajstić information content (AvgIpc) is 2.38. The number of aryl methyl sites for hydroxylation is 2. The predicted molar refractivity (Wildman–Crippen MR) is 77.7 cm³/mol. The van der Waals surface area contributed by atoms with Gasteiger partial charge in [0, 0.05) is 10.7 Å². The van der Waals surface area contributed by atoms with Crippen molar-refractivity contribution < 1.29 is 4.74 Å². The van der Waals surface area contributed by atoms with Crippen LogP contribution in [-0.2, 0) is 0 Å². The maximum absolute atomic E-state index is 8.91. The van der Waals surface area contributed by atoms with E-state index in [0.29, 0.717) is 11.3 Å². The zero-order chi connectivity index (χ0) is 14.0. The first kappa shape index (κ1) is 13.9. The topological polar surface area (TPSA) is 45.9 Å². The molecule has 0 saturated carbocycles. The van der Waals surface area contributed by atoms with Crippen LogP contribution >= 0.6 is 27.5 Å². The van der Waals surface area contributed by atoms with Crippen molar-refractivity contribution in [2.75, 3.05) is 0 Å². The fourth-order valence-corrected chi connectivity index (χ4v) is 2.08. The van der Waals surface area contributed by atoms with Crippen molar-refractivity contribution in [2.24, 2.45) is 0 Å². The zero-order valence-corrected chi connectivity index (χ0v) is 12.7. The molecule has 0 fully saturated rings. The minimum absolute atomic E-state index is 0.225. The molecule has 5 heteroatoms. The van der Waals surface area contributed by atoms with Crippen molar-refractivity contribution in [3.8, 4) is 17.7 Å². The van der Waals surface area contributed by atoms with E-state index in [0.717, 1.165) is 15.6 Å². The van der Waals surface area contributed by atoms with E-state index in [4.69, 9.17) is 21.6 Å².